The highest BCUT2D eigenvalue weighted by molar-refractivity contribution is 7.99. The second kappa shape index (κ2) is 7.47. The highest BCUT2D eigenvalue weighted by Crippen LogP contribution is 2.47. The highest BCUT2D eigenvalue weighted by Gasteiger charge is 2.27. The molecule has 4 rings (SSSR count). The van der Waals surface area contributed by atoms with Gasteiger partial charge in [0.25, 0.3) is 0 Å². The summed E-state index contributed by atoms with van der Waals surface area (Å²) in [4.78, 5) is 18.4. The van der Waals surface area contributed by atoms with Crippen LogP contribution in [0.5, 0.6) is 0 Å². The van der Waals surface area contributed by atoms with Gasteiger partial charge in [-0.3, -0.25) is 4.90 Å². The summed E-state index contributed by atoms with van der Waals surface area (Å²) in [5.41, 5.74) is 1.89. The molecule has 1 saturated heterocycles. The van der Waals surface area contributed by atoms with Crippen LogP contribution >= 0.6 is 11.8 Å². The van der Waals surface area contributed by atoms with Gasteiger partial charge in [0.15, 0.2) is 0 Å². The number of ether oxygens (including phenoxy) is 1. The van der Waals surface area contributed by atoms with E-state index in [1.165, 1.54) is 4.90 Å². The first-order valence-corrected chi connectivity index (χ1v) is 9.50. The topological polar surface area (TPSA) is 46.0 Å². The van der Waals surface area contributed by atoms with Crippen LogP contribution in [0.25, 0.3) is 0 Å². The number of carbonyl (C=O) groups is 1. The molecule has 2 aliphatic heterocycles. The van der Waals surface area contributed by atoms with Gasteiger partial charge in [-0.25, -0.2) is 4.79 Å². The Labute approximate surface area is 151 Å². The summed E-state index contributed by atoms with van der Waals surface area (Å²) in [6, 6.07) is 16.1. The van der Waals surface area contributed by atoms with Gasteiger partial charge in [0, 0.05) is 9.79 Å². The highest BCUT2D eigenvalue weighted by atomic mass is 32.2. The van der Waals surface area contributed by atoms with Crippen LogP contribution in [0.3, 0.4) is 0 Å². The largest absolute Gasteiger partial charge is 0.370 e. The van der Waals surface area contributed by atoms with E-state index in [2.05, 4.69) is 17.4 Å². The van der Waals surface area contributed by atoms with Crippen LogP contribution in [0.2, 0.25) is 0 Å². The maximum absolute atomic E-state index is 12.9. The Morgan fingerprint density at radius 1 is 1.04 bits per heavy atom. The van der Waals surface area contributed by atoms with Crippen molar-refractivity contribution >= 4 is 29.2 Å². The molecule has 0 atom stereocenters. The van der Waals surface area contributed by atoms with E-state index in [4.69, 9.17) is 4.74 Å². The number of amides is 2. The number of urea groups is 1. The first-order valence-electron chi connectivity index (χ1n) is 8.68. The van der Waals surface area contributed by atoms with Gasteiger partial charge in [-0.15, -0.1) is 0 Å². The molecule has 2 aliphatic rings. The minimum Gasteiger partial charge on any atom is -0.370 e. The molecule has 2 N–H and O–H groups in total. The van der Waals surface area contributed by atoms with Crippen molar-refractivity contribution in [2.75, 3.05) is 44.3 Å². The summed E-state index contributed by atoms with van der Waals surface area (Å²) in [7, 11) is 0. The number of anilines is 2. The second-order valence-corrected chi connectivity index (χ2v) is 7.30. The molecule has 0 saturated carbocycles. The molecule has 0 aliphatic carbocycles. The number of carbonyl (C=O) groups excluding carboxylic acids is 1. The minimum absolute atomic E-state index is 0.0622. The van der Waals surface area contributed by atoms with Gasteiger partial charge in [-0.05, 0) is 24.3 Å². The SMILES string of the molecule is O=C(NCC[NH+]1CCOCC1)N1c2ccccc2Sc2ccccc21. The Morgan fingerprint density at radius 3 is 2.28 bits per heavy atom. The maximum atomic E-state index is 12.9. The first-order chi connectivity index (χ1) is 12.3. The van der Waals surface area contributed by atoms with Crippen LogP contribution in [-0.2, 0) is 4.74 Å². The second-order valence-electron chi connectivity index (χ2n) is 6.22. The zero-order valence-corrected chi connectivity index (χ0v) is 14.8. The monoisotopic (exact) mass is 356 g/mol. The third-order valence-corrected chi connectivity index (χ3v) is 5.72. The van der Waals surface area contributed by atoms with Crippen molar-refractivity contribution in [3.05, 3.63) is 48.5 Å². The number of nitrogens with zero attached hydrogens (tertiary/aromatic N) is 1. The fourth-order valence-electron chi connectivity index (χ4n) is 3.26. The molecule has 2 aromatic carbocycles. The predicted molar refractivity (Wildman–Crippen MR) is 98.9 cm³/mol. The Kier molecular flexibility index (Phi) is 4.92. The number of nitrogens with one attached hydrogen (secondary N) is 2. The number of fused-ring (bicyclic) bond motifs is 2. The fraction of sp³-hybridized carbons (Fsp3) is 0.316. The van der Waals surface area contributed by atoms with Gasteiger partial charge >= 0.3 is 6.03 Å². The van der Waals surface area contributed by atoms with E-state index in [0.29, 0.717) is 6.54 Å². The van der Waals surface area contributed by atoms with Crippen molar-refractivity contribution in [2.45, 2.75) is 9.79 Å². The van der Waals surface area contributed by atoms with Crippen LogP contribution in [0.1, 0.15) is 0 Å². The molecule has 25 heavy (non-hydrogen) atoms. The molecule has 0 aromatic heterocycles. The Bertz CT molecular complexity index is 716. The van der Waals surface area contributed by atoms with Gasteiger partial charge in [0.2, 0.25) is 0 Å². The molecular formula is C19H22N3O2S+. The molecule has 0 bridgehead atoms. The Morgan fingerprint density at radius 2 is 1.64 bits per heavy atom. The van der Waals surface area contributed by atoms with Gasteiger partial charge in [-0.2, -0.15) is 0 Å². The first kappa shape index (κ1) is 16.4. The van der Waals surface area contributed by atoms with E-state index in [1.807, 2.05) is 36.4 Å². The van der Waals surface area contributed by atoms with Crippen LogP contribution in [0, 0.1) is 0 Å². The molecule has 2 aromatic rings. The van der Waals surface area contributed by atoms with E-state index in [9.17, 15) is 4.79 Å². The molecule has 6 heteroatoms. The van der Waals surface area contributed by atoms with Crippen molar-refractivity contribution < 1.29 is 14.4 Å². The smallest absolute Gasteiger partial charge is 0.326 e. The Balaban J connectivity index is 1.49. The van der Waals surface area contributed by atoms with Crippen molar-refractivity contribution in [1.29, 1.82) is 0 Å². The quantitative estimate of drug-likeness (QED) is 0.883. The van der Waals surface area contributed by atoms with Crippen LogP contribution in [0.4, 0.5) is 16.2 Å². The summed E-state index contributed by atoms with van der Waals surface area (Å²) < 4.78 is 5.38. The number of quaternary nitrogens is 1. The van der Waals surface area contributed by atoms with E-state index in [1.54, 1.807) is 16.7 Å². The molecule has 0 radical (unpaired) electrons. The fourth-order valence-corrected chi connectivity index (χ4v) is 4.32. The lowest BCUT2D eigenvalue weighted by Gasteiger charge is -2.31. The predicted octanol–water partition coefficient (Wildman–Crippen LogP) is 1.91. The number of para-hydroxylation sites is 2. The summed E-state index contributed by atoms with van der Waals surface area (Å²) in [5.74, 6) is 0. The number of rotatable bonds is 3. The van der Waals surface area contributed by atoms with E-state index < -0.39 is 0 Å². The lowest BCUT2D eigenvalue weighted by atomic mass is 10.2. The van der Waals surface area contributed by atoms with Gasteiger partial charge in [0.05, 0.1) is 37.7 Å². The lowest BCUT2D eigenvalue weighted by Crippen LogP contribution is -3.14. The normalized spacial score (nSPS) is 16.9. The minimum atomic E-state index is -0.0622. The number of benzene rings is 2. The van der Waals surface area contributed by atoms with Crippen molar-refractivity contribution in [1.82, 2.24) is 5.32 Å². The molecule has 2 heterocycles. The van der Waals surface area contributed by atoms with Crippen molar-refractivity contribution in [2.24, 2.45) is 0 Å². The summed E-state index contributed by atoms with van der Waals surface area (Å²) >= 11 is 1.71. The third-order valence-electron chi connectivity index (χ3n) is 4.59. The van der Waals surface area contributed by atoms with Crippen LogP contribution in [0.15, 0.2) is 58.3 Å². The van der Waals surface area contributed by atoms with Crippen molar-refractivity contribution in [3.63, 3.8) is 0 Å². The Hall–Kier alpha value is -2.02. The van der Waals surface area contributed by atoms with E-state index in [-0.39, 0.29) is 6.03 Å². The van der Waals surface area contributed by atoms with Crippen LogP contribution in [-0.4, -0.2) is 45.4 Å². The average molecular weight is 356 g/mol. The number of hydrogen-bond donors (Lipinski definition) is 2. The molecular weight excluding hydrogens is 334 g/mol. The van der Waals surface area contributed by atoms with E-state index >= 15 is 0 Å². The standard InChI is InChI=1S/C19H21N3O2S/c23-19(20-9-10-21-11-13-24-14-12-21)22-15-5-1-3-7-17(15)25-18-8-4-2-6-16(18)22/h1-8H,9-14H2,(H,20,23)/p+1. The van der Waals surface area contributed by atoms with Gasteiger partial charge in [0.1, 0.15) is 13.1 Å². The van der Waals surface area contributed by atoms with Gasteiger partial charge in [-0.1, -0.05) is 36.0 Å². The van der Waals surface area contributed by atoms with Crippen LogP contribution < -0.4 is 15.1 Å². The summed E-state index contributed by atoms with van der Waals surface area (Å²) in [6.07, 6.45) is 0. The average Bonchev–Trinajstić information content (AvgIpc) is 2.66. The van der Waals surface area contributed by atoms with Gasteiger partial charge < -0.3 is 15.0 Å². The summed E-state index contributed by atoms with van der Waals surface area (Å²) in [6.45, 7) is 5.26. The maximum Gasteiger partial charge on any atom is 0.326 e. The molecule has 1 fully saturated rings. The van der Waals surface area contributed by atoms with Crippen molar-refractivity contribution in [3.8, 4) is 0 Å². The number of morpholine rings is 1. The zero-order chi connectivity index (χ0) is 17.1. The number of hydrogen-bond acceptors (Lipinski definition) is 3. The third kappa shape index (κ3) is 3.51. The zero-order valence-electron chi connectivity index (χ0n) is 14.0. The molecule has 0 unspecified atom stereocenters. The molecule has 0 spiro atoms. The molecule has 130 valence electrons. The van der Waals surface area contributed by atoms with E-state index in [0.717, 1.165) is 54.0 Å². The summed E-state index contributed by atoms with van der Waals surface area (Å²) in [5, 5.41) is 3.10. The molecule has 2 amide bonds. The lowest BCUT2D eigenvalue weighted by molar-refractivity contribution is -0.906. The molecule has 5 nitrogen and oxygen atoms in total.